The van der Waals surface area contributed by atoms with E-state index < -0.39 is 4.92 Å². The van der Waals surface area contributed by atoms with Crippen molar-refractivity contribution in [3.8, 4) is 5.88 Å². The normalized spacial score (nSPS) is 11.4. The number of nitrogens with zero attached hydrogens (tertiary/aromatic N) is 3. The van der Waals surface area contributed by atoms with E-state index in [1.165, 1.54) is 29.0 Å². The average molecular weight is 321 g/mol. The van der Waals surface area contributed by atoms with Crippen LogP contribution >= 0.6 is 11.3 Å². The Morgan fingerprint density at radius 2 is 2.23 bits per heavy atom. The maximum absolute atomic E-state index is 11.8. The van der Waals surface area contributed by atoms with Crippen LogP contribution in [0.1, 0.15) is 18.7 Å². The molecule has 2 aromatic rings. The van der Waals surface area contributed by atoms with Crippen molar-refractivity contribution in [2.75, 3.05) is 0 Å². The molecule has 7 nitrogen and oxygen atoms in total. The van der Waals surface area contributed by atoms with Gasteiger partial charge in [-0.15, -0.1) is 0 Å². The Hall–Kier alpha value is -2.48. The standard InChI is InChI=1S/C14H15N3O4S/c1-9(2)8-16-13(18)12(22-14(16)19)7-15-10-4-3-5-11(6-10)17(20)21/h3-7,9,18H,8H2,1-2H3. The van der Waals surface area contributed by atoms with Gasteiger partial charge in [0.15, 0.2) is 0 Å². The number of benzene rings is 1. The van der Waals surface area contributed by atoms with Crippen molar-refractivity contribution in [1.29, 1.82) is 0 Å². The highest BCUT2D eigenvalue weighted by molar-refractivity contribution is 7.11. The molecule has 0 atom stereocenters. The summed E-state index contributed by atoms with van der Waals surface area (Å²) in [5.41, 5.74) is 0.314. The zero-order valence-corrected chi connectivity index (χ0v) is 12.9. The summed E-state index contributed by atoms with van der Waals surface area (Å²) in [4.78, 5) is 26.2. The number of aromatic hydroxyl groups is 1. The minimum atomic E-state index is -0.506. The summed E-state index contributed by atoms with van der Waals surface area (Å²) in [5, 5.41) is 20.8. The number of hydrogen-bond donors (Lipinski definition) is 1. The van der Waals surface area contributed by atoms with Gasteiger partial charge in [-0.05, 0) is 12.0 Å². The number of aliphatic imine (C=N–C) groups is 1. The van der Waals surface area contributed by atoms with Crippen molar-refractivity contribution in [2.24, 2.45) is 10.9 Å². The molecule has 116 valence electrons. The maximum Gasteiger partial charge on any atom is 0.310 e. The Morgan fingerprint density at radius 1 is 1.50 bits per heavy atom. The van der Waals surface area contributed by atoms with Crippen molar-refractivity contribution >= 4 is 28.9 Å². The molecule has 0 radical (unpaired) electrons. The molecule has 8 heteroatoms. The first kappa shape index (κ1) is 15.9. The Labute approximate surface area is 130 Å². The number of thiazole rings is 1. The van der Waals surface area contributed by atoms with E-state index >= 15 is 0 Å². The molecule has 0 bridgehead atoms. The van der Waals surface area contributed by atoms with Crippen LogP contribution in [0.25, 0.3) is 0 Å². The van der Waals surface area contributed by atoms with Gasteiger partial charge in [-0.1, -0.05) is 31.3 Å². The van der Waals surface area contributed by atoms with Gasteiger partial charge in [-0.3, -0.25) is 24.5 Å². The topological polar surface area (TPSA) is 97.7 Å². The summed E-state index contributed by atoms with van der Waals surface area (Å²) < 4.78 is 1.30. The highest BCUT2D eigenvalue weighted by atomic mass is 32.1. The third-order valence-corrected chi connectivity index (χ3v) is 3.72. The second-order valence-corrected chi connectivity index (χ2v) is 6.09. The number of non-ortho nitro benzene ring substituents is 1. The lowest BCUT2D eigenvalue weighted by Crippen LogP contribution is -2.15. The molecule has 1 aromatic heterocycles. The Morgan fingerprint density at radius 3 is 2.86 bits per heavy atom. The van der Waals surface area contributed by atoms with Crippen LogP contribution in [0.3, 0.4) is 0 Å². The third-order valence-electron chi connectivity index (χ3n) is 2.81. The SMILES string of the molecule is CC(C)Cn1c(O)c(C=Nc2cccc([N+](=O)[O-])c2)sc1=O. The summed E-state index contributed by atoms with van der Waals surface area (Å²) in [6, 6.07) is 5.82. The molecule has 1 aromatic carbocycles. The monoisotopic (exact) mass is 321 g/mol. The van der Waals surface area contributed by atoms with Crippen molar-refractivity contribution < 1.29 is 10.0 Å². The third kappa shape index (κ3) is 3.59. The summed E-state index contributed by atoms with van der Waals surface area (Å²) in [6.07, 6.45) is 1.34. The lowest BCUT2D eigenvalue weighted by atomic mass is 10.2. The number of aromatic nitrogens is 1. The van der Waals surface area contributed by atoms with Crippen LogP contribution in [0.2, 0.25) is 0 Å². The maximum atomic E-state index is 11.8. The fourth-order valence-corrected chi connectivity index (χ4v) is 2.61. The van der Waals surface area contributed by atoms with Crippen LogP contribution in [-0.2, 0) is 6.54 Å². The molecule has 0 saturated heterocycles. The smallest absolute Gasteiger partial charge is 0.310 e. The second-order valence-electron chi connectivity index (χ2n) is 5.10. The van der Waals surface area contributed by atoms with E-state index in [2.05, 4.69) is 4.99 Å². The van der Waals surface area contributed by atoms with Gasteiger partial charge < -0.3 is 5.11 Å². The molecular formula is C14H15N3O4S. The van der Waals surface area contributed by atoms with Crippen LogP contribution in [0.5, 0.6) is 5.88 Å². The fraction of sp³-hybridized carbons (Fsp3) is 0.286. The van der Waals surface area contributed by atoms with Crippen molar-refractivity contribution in [3.05, 3.63) is 48.9 Å². The lowest BCUT2D eigenvalue weighted by Gasteiger charge is -2.05. The summed E-state index contributed by atoms with van der Waals surface area (Å²) in [6.45, 7) is 4.31. The van der Waals surface area contributed by atoms with Crippen LogP contribution in [0, 0.1) is 16.0 Å². The van der Waals surface area contributed by atoms with E-state index in [1.54, 1.807) is 6.07 Å². The predicted octanol–water partition coefficient (Wildman–Crippen LogP) is 2.93. The minimum Gasteiger partial charge on any atom is -0.493 e. The van der Waals surface area contributed by atoms with Crippen LogP contribution in [0.15, 0.2) is 34.1 Å². The van der Waals surface area contributed by atoms with Crippen LogP contribution < -0.4 is 4.87 Å². The van der Waals surface area contributed by atoms with Gasteiger partial charge in [-0.25, -0.2) is 0 Å². The van der Waals surface area contributed by atoms with E-state index in [0.717, 1.165) is 11.3 Å². The average Bonchev–Trinajstić information content (AvgIpc) is 2.72. The molecule has 0 saturated carbocycles. The molecule has 0 fully saturated rings. The fourth-order valence-electron chi connectivity index (χ4n) is 1.84. The lowest BCUT2D eigenvalue weighted by molar-refractivity contribution is -0.384. The molecule has 1 heterocycles. The van der Waals surface area contributed by atoms with Gasteiger partial charge in [0.25, 0.3) is 5.69 Å². The van der Waals surface area contributed by atoms with E-state index in [1.807, 2.05) is 13.8 Å². The molecule has 2 rings (SSSR count). The Bertz CT molecular complexity index is 777. The van der Waals surface area contributed by atoms with Crippen molar-refractivity contribution in [3.63, 3.8) is 0 Å². The van der Waals surface area contributed by atoms with Crippen molar-refractivity contribution in [2.45, 2.75) is 20.4 Å². The molecule has 0 aliphatic heterocycles. The van der Waals surface area contributed by atoms with E-state index in [4.69, 9.17) is 0 Å². The van der Waals surface area contributed by atoms with Gasteiger partial charge in [0.05, 0.1) is 16.8 Å². The van der Waals surface area contributed by atoms with Gasteiger partial charge in [0.2, 0.25) is 5.88 Å². The zero-order valence-electron chi connectivity index (χ0n) is 12.1. The molecule has 0 unspecified atom stereocenters. The quantitative estimate of drug-likeness (QED) is 0.520. The van der Waals surface area contributed by atoms with Gasteiger partial charge >= 0.3 is 4.87 Å². The number of hydrogen-bond acceptors (Lipinski definition) is 6. The first-order valence-corrected chi connectivity index (χ1v) is 7.41. The highest BCUT2D eigenvalue weighted by Crippen LogP contribution is 2.22. The van der Waals surface area contributed by atoms with Gasteiger partial charge in [-0.2, -0.15) is 0 Å². The van der Waals surface area contributed by atoms with Crippen LogP contribution in [0.4, 0.5) is 11.4 Å². The molecule has 1 N–H and O–H groups in total. The minimum absolute atomic E-state index is 0.0653. The second kappa shape index (κ2) is 6.52. The Balaban J connectivity index is 2.29. The zero-order chi connectivity index (χ0) is 16.3. The van der Waals surface area contributed by atoms with E-state index in [9.17, 15) is 20.0 Å². The summed E-state index contributed by atoms with van der Waals surface area (Å²) in [5.74, 6) is 0.0950. The van der Waals surface area contributed by atoms with Gasteiger partial charge in [0.1, 0.15) is 4.88 Å². The predicted molar refractivity (Wildman–Crippen MR) is 85.4 cm³/mol. The first-order chi connectivity index (χ1) is 10.4. The molecule has 0 spiro atoms. The molecular weight excluding hydrogens is 306 g/mol. The summed E-state index contributed by atoms with van der Waals surface area (Å²) >= 11 is 0.887. The molecule has 0 aliphatic carbocycles. The summed E-state index contributed by atoms with van der Waals surface area (Å²) in [7, 11) is 0. The number of nitro benzene ring substituents is 1. The number of rotatable bonds is 5. The Kier molecular flexibility index (Phi) is 4.71. The van der Waals surface area contributed by atoms with E-state index in [0.29, 0.717) is 17.1 Å². The molecule has 0 amide bonds. The number of nitro groups is 1. The largest absolute Gasteiger partial charge is 0.493 e. The van der Waals surface area contributed by atoms with E-state index in [-0.39, 0.29) is 22.4 Å². The molecule has 0 aliphatic rings. The van der Waals surface area contributed by atoms with Crippen LogP contribution in [-0.4, -0.2) is 20.8 Å². The molecule has 22 heavy (non-hydrogen) atoms. The van der Waals surface area contributed by atoms with Gasteiger partial charge in [0, 0.05) is 18.7 Å². The highest BCUT2D eigenvalue weighted by Gasteiger charge is 2.13. The first-order valence-electron chi connectivity index (χ1n) is 6.59. The van der Waals surface area contributed by atoms with Crippen molar-refractivity contribution in [1.82, 2.24) is 4.57 Å².